The van der Waals surface area contributed by atoms with Crippen molar-refractivity contribution in [2.75, 3.05) is 6.54 Å². The first kappa shape index (κ1) is 19.5. The number of alkyl halides is 3. The molecule has 0 saturated carbocycles. The van der Waals surface area contributed by atoms with E-state index in [1.807, 2.05) is 0 Å². The summed E-state index contributed by atoms with van der Waals surface area (Å²) in [6.07, 6.45) is -4.91. The molecule has 0 radical (unpaired) electrons. The number of aliphatic carboxylic acids is 1. The van der Waals surface area contributed by atoms with Crippen molar-refractivity contribution in [3.63, 3.8) is 0 Å². The fourth-order valence-corrected chi connectivity index (χ4v) is 2.61. The molecule has 2 rings (SSSR count). The van der Waals surface area contributed by atoms with Crippen molar-refractivity contribution >= 4 is 11.9 Å². The minimum atomic E-state index is -4.55. The van der Waals surface area contributed by atoms with E-state index in [0.29, 0.717) is 11.1 Å². The van der Waals surface area contributed by atoms with Crippen LogP contribution in [0.4, 0.5) is 13.2 Å². The fourth-order valence-electron chi connectivity index (χ4n) is 2.61. The maximum atomic E-state index is 13.2. The highest BCUT2D eigenvalue weighted by molar-refractivity contribution is 5.95. The summed E-state index contributed by atoms with van der Waals surface area (Å²) in [4.78, 5) is 24.8. The molecule has 2 aromatic rings. The number of rotatable bonds is 6. The van der Waals surface area contributed by atoms with Crippen LogP contribution in [0.2, 0.25) is 0 Å². The summed E-state index contributed by atoms with van der Waals surface area (Å²) in [6.45, 7) is 1.21. The van der Waals surface area contributed by atoms with Crippen molar-refractivity contribution in [2.45, 2.75) is 26.1 Å². The van der Waals surface area contributed by atoms with Crippen LogP contribution >= 0.6 is 0 Å². The van der Waals surface area contributed by atoms with Gasteiger partial charge in [0.25, 0.3) is 5.91 Å². The highest BCUT2D eigenvalue weighted by atomic mass is 19.4. The minimum Gasteiger partial charge on any atom is -0.481 e. The zero-order valence-electron chi connectivity index (χ0n) is 14.1. The van der Waals surface area contributed by atoms with Gasteiger partial charge in [-0.3, -0.25) is 9.59 Å². The second-order valence-electron chi connectivity index (χ2n) is 5.84. The van der Waals surface area contributed by atoms with E-state index >= 15 is 0 Å². The second-order valence-corrected chi connectivity index (χ2v) is 5.84. The third-order valence-corrected chi connectivity index (χ3v) is 3.94. The number of nitrogens with zero attached hydrogens (tertiary/aromatic N) is 1. The Labute approximate surface area is 148 Å². The number of carbonyl (C=O) groups is 2. The smallest absolute Gasteiger partial charge is 0.416 e. The van der Waals surface area contributed by atoms with E-state index in [2.05, 4.69) is 0 Å². The van der Waals surface area contributed by atoms with Gasteiger partial charge in [0, 0.05) is 18.7 Å². The molecule has 0 unspecified atom stereocenters. The Bertz CT molecular complexity index is 803. The molecule has 1 N–H and O–H groups in total. The molecule has 0 spiro atoms. The van der Waals surface area contributed by atoms with Crippen molar-refractivity contribution < 1.29 is 27.9 Å². The lowest BCUT2D eigenvalue weighted by atomic mass is 10.0. The Morgan fingerprint density at radius 2 is 1.65 bits per heavy atom. The SMILES string of the molecule is Cc1ccccc1C(=O)N(CCC(=O)O)Cc1ccccc1C(F)(F)F. The molecule has 0 saturated heterocycles. The molecular weight excluding hydrogens is 347 g/mol. The van der Waals surface area contributed by atoms with Crippen LogP contribution < -0.4 is 0 Å². The van der Waals surface area contributed by atoms with Gasteiger partial charge >= 0.3 is 12.1 Å². The fraction of sp³-hybridized carbons (Fsp3) is 0.263. The first-order chi connectivity index (χ1) is 12.2. The van der Waals surface area contributed by atoms with Gasteiger partial charge in [-0.2, -0.15) is 13.2 Å². The average Bonchev–Trinajstić information content (AvgIpc) is 2.57. The second kappa shape index (κ2) is 8.03. The Balaban J connectivity index is 2.36. The lowest BCUT2D eigenvalue weighted by molar-refractivity contribution is -0.139. The third-order valence-electron chi connectivity index (χ3n) is 3.94. The highest BCUT2D eigenvalue weighted by Crippen LogP contribution is 2.32. The van der Waals surface area contributed by atoms with E-state index in [4.69, 9.17) is 5.11 Å². The van der Waals surface area contributed by atoms with Gasteiger partial charge in [0.05, 0.1) is 12.0 Å². The Kier molecular flexibility index (Phi) is 6.02. The van der Waals surface area contributed by atoms with Gasteiger partial charge in [-0.1, -0.05) is 36.4 Å². The van der Waals surface area contributed by atoms with Crippen molar-refractivity contribution in [1.82, 2.24) is 4.90 Å². The van der Waals surface area contributed by atoms with Gasteiger partial charge in [0.2, 0.25) is 0 Å². The van der Waals surface area contributed by atoms with Crippen molar-refractivity contribution in [2.24, 2.45) is 0 Å². The molecule has 26 heavy (non-hydrogen) atoms. The van der Waals surface area contributed by atoms with Crippen LogP contribution in [0.5, 0.6) is 0 Å². The normalized spacial score (nSPS) is 11.2. The monoisotopic (exact) mass is 365 g/mol. The maximum absolute atomic E-state index is 13.2. The van der Waals surface area contributed by atoms with E-state index in [9.17, 15) is 22.8 Å². The number of halogens is 3. The van der Waals surface area contributed by atoms with Gasteiger partial charge in [-0.25, -0.2) is 0 Å². The first-order valence-corrected chi connectivity index (χ1v) is 7.92. The Morgan fingerprint density at radius 1 is 1.04 bits per heavy atom. The van der Waals surface area contributed by atoms with Crippen molar-refractivity contribution in [3.05, 3.63) is 70.8 Å². The summed E-state index contributed by atoms with van der Waals surface area (Å²) in [5.41, 5.74) is 0.0922. The lowest BCUT2D eigenvalue weighted by Crippen LogP contribution is -2.33. The number of carbonyl (C=O) groups excluding carboxylic acids is 1. The standard InChI is InChI=1S/C19H18F3NO3/c1-13-6-2-4-8-15(13)18(26)23(11-10-17(24)25)12-14-7-3-5-9-16(14)19(20,21)22/h2-9H,10-12H2,1H3,(H,24,25). The molecular formula is C19H18F3NO3. The largest absolute Gasteiger partial charge is 0.481 e. The predicted molar refractivity (Wildman–Crippen MR) is 89.6 cm³/mol. The molecule has 0 aliphatic carbocycles. The molecule has 0 fully saturated rings. The van der Waals surface area contributed by atoms with Crippen molar-refractivity contribution in [1.29, 1.82) is 0 Å². The Morgan fingerprint density at radius 3 is 2.27 bits per heavy atom. The number of amides is 1. The quantitative estimate of drug-likeness (QED) is 0.837. The number of carboxylic acid groups (broad SMARTS) is 1. The summed E-state index contributed by atoms with van der Waals surface area (Å²) in [6, 6.07) is 11.7. The highest BCUT2D eigenvalue weighted by Gasteiger charge is 2.33. The van der Waals surface area contributed by atoms with Gasteiger partial charge in [-0.05, 0) is 30.2 Å². The average molecular weight is 365 g/mol. The summed E-state index contributed by atoms with van der Waals surface area (Å²) in [5.74, 6) is -1.63. The molecule has 2 aromatic carbocycles. The number of hydrogen-bond donors (Lipinski definition) is 1. The predicted octanol–water partition coefficient (Wildman–Crippen LogP) is 4.13. The number of hydrogen-bond acceptors (Lipinski definition) is 2. The summed E-state index contributed by atoms with van der Waals surface area (Å²) in [7, 11) is 0. The van der Waals surface area contributed by atoms with Gasteiger partial charge in [0.15, 0.2) is 0 Å². The van der Waals surface area contributed by atoms with Crippen LogP contribution in [0.15, 0.2) is 48.5 Å². The van der Waals surface area contributed by atoms with E-state index < -0.39 is 23.6 Å². The summed E-state index contributed by atoms with van der Waals surface area (Å²) < 4.78 is 39.6. The van der Waals surface area contributed by atoms with Crippen LogP contribution in [-0.2, 0) is 17.5 Å². The van der Waals surface area contributed by atoms with E-state index in [0.717, 1.165) is 11.0 Å². The van der Waals surface area contributed by atoms with Gasteiger partial charge in [-0.15, -0.1) is 0 Å². The molecule has 0 aliphatic heterocycles. The molecule has 1 amide bonds. The number of carboxylic acids is 1. The van der Waals surface area contributed by atoms with Crippen molar-refractivity contribution in [3.8, 4) is 0 Å². The molecule has 0 heterocycles. The topological polar surface area (TPSA) is 57.6 Å². The van der Waals surface area contributed by atoms with Gasteiger partial charge < -0.3 is 10.0 Å². The molecule has 7 heteroatoms. The zero-order chi connectivity index (χ0) is 19.3. The van der Waals surface area contributed by atoms with E-state index in [-0.39, 0.29) is 25.1 Å². The third kappa shape index (κ3) is 4.84. The maximum Gasteiger partial charge on any atom is 0.416 e. The molecule has 0 atom stereocenters. The molecule has 4 nitrogen and oxygen atoms in total. The van der Waals surface area contributed by atoms with Crippen LogP contribution in [0.3, 0.4) is 0 Å². The molecule has 0 aromatic heterocycles. The number of aryl methyl sites for hydroxylation is 1. The van der Waals surface area contributed by atoms with E-state index in [1.165, 1.54) is 18.2 Å². The minimum absolute atomic E-state index is 0.0766. The van der Waals surface area contributed by atoms with Gasteiger partial charge in [0.1, 0.15) is 0 Å². The summed E-state index contributed by atoms with van der Waals surface area (Å²) in [5, 5.41) is 8.90. The van der Waals surface area contributed by atoms with Crippen LogP contribution in [-0.4, -0.2) is 28.4 Å². The number of benzene rings is 2. The van der Waals surface area contributed by atoms with Crippen LogP contribution in [0, 0.1) is 6.92 Å². The Hall–Kier alpha value is -2.83. The molecule has 0 bridgehead atoms. The molecule has 138 valence electrons. The van der Waals surface area contributed by atoms with E-state index in [1.54, 1.807) is 31.2 Å². The lowest BCUT2D eigenvalue weighted by Gasteiger charge is -2.24. The zero-order valence-corrected chi connectivity index (χ0v) is 14.1. The molecule has 0 aliphatic rings. The summed E-state index contributed by atoms with van der Waals surface area (Å²) >= 11 is 0. The van der Waals surface area contributed by atoms with Crippen LogP contribution in [0.25, 0.3) is 0 Å². The first-order valence-electron chi connectivity index (χ1n) is 7.92. The van der Waals surface area contributed by atoms with Crippen LogP contribution in [0.1, 0.15) is 33.5 Å².